The molecular formula is C13H10BrCl2NO3. The molecule has 4 N–H and O–H groups in total. The summed E-state index contributed by atoms with van der Waals surface area (Å²) in [6.07, 6.45) is 0. The van der Waals surface area contributed by atoms with E-state index in [4.69, 9.17) is 23.2 Å². The third-order valence-corrected chi connectivity index (χ3v) is 3.73. The minimum atomic E-state index is -0.558. The van der Waals surface area contributed by atoms with Gasteiger partial charge < -0.3 is 20.6 Å². The van der Waals surface area contributed by atoms with Crippen LogP contribution in [0.3, 0.4) is 0 Å². The van der Waals surface area contributed by atoms with Crippen LogP contribution in [0.15, 0.2) is 28.7 Å². The Labute approximate surface area is 133 Å². The lowest BCUT2D eigenvalue weighted by atomic mass is 10.1. The Morgan fingerprint density at radius 1 is 1.00 bits per heavy atom. The van der Waals surface area contributed by atoms with E-state index in [0.29, 0.717) is 21.3 Å². The highest BCUT2D eigenvalue weighted by atomic mass is 79.9. The van der Waals surface area contributed by atoms with Crippen LogP contribution >= 0.6 is 39.1 Å². The van der Waals surface area contributed by atoms with Crippen molar-refractivity contribution >= 4 is 44.8 Å². The summed E-state index contributed by atoms with van der Waals surface area (Å²) >= 11 is 15.4. The highest BCUT2D eigenvalue weighted by Gasteiger charge is 2.12. The Kier molecular flexibility index (Phi) is 4.52. The molecule has 0 spiro atoms. The Morgan fingerprint density at radius 2 is 1.60 bits per heavy atom. The number of benzene rings is 2. The molecule has 0 aliphatic carbocycles. The maximum Gasteiger partial charge on any atom is 0.200 e. The van der Waals surface area contributed by atoms with Crippen LogP contribution in [0.1, 0.15) is 5.56 Å². The molecule has 106 valence electrons. The number of anilines is 1. The largest absolute Gasteiger partial charge is 0.504 e. The Morgan fingerprint density at radius 3 is 2.20 bits per heavy atom. The number of rotatable bonds is 3. The average molecular weight is 379 g/mol. The molecule has 0 bridgehead atoms. The van der Waals surface area contributed by atoms with Crippen molar-refractivity contribution in [2.75, 3.05) is 5.32 Å². The van der Waals surface area contributed by atoms with Crippen molar-refractivity contribution in [2.45, 2.75) is 6.54 Å². The summed E-state index contributed by atoms with van der Waals surface area (Å²) in [6, 6.07) is 6.14. The van der Waals surface area contributed by atoms with Crippen LogP contribution in [0.25, 0.3) is 0 Å². The first-order valence-electron chi connectivity index (χ1n) is 5.51. The third kappa shape index (κ3) is 3.06. The van der Waals surface area contributed by atoms with Crippen molar-refractivity contribution in [1.82, 2.24) is 0 Å². The molecule has 20 heavy (non-hydrogen) atoms. The highest BCUT2D eigenvalue weighted by molar-refractivity contribution is 9.10. The van der Waals surface area contributed by atoms with Gasteiger partial charge in [0.25, 0.3) is 0 Å². The van der Waals surface area contributed by atoms with E-state index in [1.165, 1.54) is 12.1 Å². The number of halogens is 3. The summed E-state index contributed by atoms with van der Waals surface area (Å²) in [5.41, 5.74) is 0.916. The van der Waals surface area contributed by atoms with Gasteiger partial charge in [-0.05, 0) is 24.3 Å². The van der Waals surface area contributed by atoms with Crippen LogP contribution in [-0.2, 0) is 6.54 Å². The van der Waals surface area contributed by atoms with Crippen LogP contribution in [0, 0.1) is 0 Å². The first kappa shape index (κ1) is 15.1. The molecular weight excluding hydrogens is 369 g/mol. The van der Waals surface area contributed by atoms with Gasteiger partial charge in [0.05, 0.1) is 15.7 Å². The molecule has 0 aliphatic rings. The van der Waals surface area contributed by atoms with E-state index in [0.717, 1.165) is 4.47 Å². The van der Waals surface area contributed by atoms with E-state index in [-0.39, 0.29) is 18.0 Å². The minimum Gasteiger partial charge on any atom is -0.504 e. The lowest BCUT2D eigenvalue weighted by Crippen LogP contribution is -2.01. The van der Waals surface area contributed by atoms with Gasteiger partial charge in [0.2, 0.25) is 5.75 Å². The Balaban J connectivity index is 2.24. The quantitative estimate of drug-likeness (QED) is 0.594. The summed E-state index contributed by atoms with van der Waals surface area (Å²) in [7, 11) is 0. The fourth-order valence-corrected chi connectivity index (χ4v) is 2.99. The number of phenols is 3. The number of aromatic hydroxyl groups is 3. The van der Waals surface area contributed by atoms with Crippen LogP contribution in [0.2, 0.25) is 10.0 Å². The molecule has 7 heteroatoms. The monoisotopic (exact) mass is 377 g/mol. The van der Waals surface area contributed by atoms with Crippen molar-refractivity contribution in [3.8, 4) is 17.2 Å². The van der Waals surface area contributed by atoms with Crippen molar-refractivity contribution in [3.05, 3.63) is 44.3 Å². The smallest absolute Gasteiger partial charge is 0.200 e. The Hall–Kier alpha value is -1.30. The highest BCUT2D eigenvalue weighted by Crippen LogP contribution is 2.38. The lowest BCUT2D eigenvalue weighted by Gasteiger charge is -2.13. The minimum absolute atomic E-state index is 0.181. The molecule has 2 rings (SSSR count). The van der Waals surface area contributed by atoms with E-state index in [1.807, 2.05) is 0 Å². The van der Waals surface area contributed by atoms with E-state index >= 15 is 0 Å². The summed E-state index contributed by atoms with van der Waals surface area (Å²) < 4.78 is 0.753. The van der Waals surface area contributed by atoms with E-state index in [9.17, 15) is 15.3 Å². The maximum absolute atomic E-state index is 9.72. The summed E-state index contributed by atoms with van der Waals surface area (Å²) in [5, 5.41) is 32.2. The zero-order valence-electron chi connectivity index (χ0n) is 9.99. The van der Waals surface area contributed by atoms with Crippen molar-refractivity contribution in [3.63, 3.8) is 0 Å². The number of phenolic OH excluding ortho intramolecular Hbond substituents is 3. The SMILES string of the molecule is Oc1ccc(CNc2c(Cl)cc(Br)cc2Cl)c(O)c1O. The predicted octanol–water partition coefficient (Wildman–Crippen LogP) is 4.48. The second-order valence-corrected chi connectivity index (χ2v) is 5.77. The first-order valence-corrected chi connectivity index (χ1v) is 7.06. The number of hydrogen-bond donors (Lipinski definition) is 4. The molecule has 2 aromatic rings. The first-order chi connectivity index (χ1) is 9.40. The van der Waals surface area contributed by atoms with Crippen molar-refractivity contribution in [1.29, 1.82) is 0 Å². The summed E-state index contributed by atoms with van der Waals surface area (Å²) in [6.45, 7) is 0.181. The van der Waals surface area contributed by atoms with E-state index in [2.05, 4.69) is 21.2 Å². The van der Waals surface area contributed by atoms with Gasteiger partial charge >= 0.3 is 0 Å². The topological polar surface area (TPSA) is 72.7 Å². The lowest BCUT2D eigenvalue weighted by molar-refractivity contribution is 0.365. The summed E-state index contributed by atoms with van der Waals surface area (Å²) in [4.78, 5) is 0. The van der Waals surface area contributed by atoms with Crippen molar-refractivity contribution in [2.24, 2.45) is 0 Å². The molecule has 0 unspecified atom stereocenters. The molecule has 0 saturated carbocycles. The van der Waals surface area contributed by atoms with Gasteiger partial charge in [0.15, 0.2) is 11.5 Å². The number of hydrogen-bond acceptors (Lipinski definition) is 4. The van der Waals surface area contributed by atoms with Crippen LogP contribution in [0.5, 0.6) is 17.2 Å². The van der Waals surface area contributed by atoms with Gasteiger partial charge in [-0.25, -0.2) is 0 Å². The Bertz CT molecular complexity index is 641. The van der Waals surface area contributed by atoms with Gasteiger partial charge in [-0.1, -0.05) is 39.1 Å². The molecule has 0 saturated heterocycles. The van der Waals surface area contributed by atoms with E-state index < -0.39 is 5.75 Å². The van der Waals surface area contributed by atoms with Gasteiger partial charge in [-0.3, -0.25) is 0 Å². The molecule has 0 heterocycles. The molecule has 0 aromatic heterocycles. The fourth-order valence-electron chi connectivity index (χ4n) is 1.65. The third-order valence-electron chi connectivity index (χ3n) is 2.68. The fraction of sp³-hybridized carbons (Fsp3) is 0.0769. The molecule has 2 aromatic carbocycles. The molecule has 0 radical (unpaired) electrons. The maximum atomic E-state index is 9.72. The second kappa shape index (κ2) is 5.99. The average Bonchev–Trinajstić information content (AvgIpc) is 2.37. The van der Waals surface area contributed by atoms with Gasteiger partial charge in [-0.2, -0.15) is 0 Å². The number of nitrogens with one attached hydrogen (secondary N) is 1. The van der Waals surface area contributed by atoms with E-state index in [1.54, 1.807) is 12.1 Å². The standard InChI is InChI=1S/C13H10BrCl2NO3/c14-7-3-8(15)11(9(16)4-7)17-5-6-1-2-10(18)13(20)12(6)19/h1-4,17-20H,5H2. The molecule has 0 fully saturated rings. The second-order valence-electron chi connectivity index (χ2n) is 4.04. The molecule has 0 aliphatic heterocycles. The molecule has 4 nitrogen and oxygen atoms in total. The van der Waals surface area contributed by atoms with Crippen LogP contribution in [-0.4, -0.2) is 15.3 Å². The summed E-state index contributed by atoms with van der Waals surface area (Å²) in [5.74, 6) is -1.33. The zero-order chi connectivity index (χ0) is 14.9. The van der Waals surface area contributed by atoms with Crippen molar-refractivity contribution < 1.29 is 15.3 Å². The van der Waals surface area contributed by atoms with Crippen LogP contribution < -0.4 is 5.32 Å². The molecule has 0 amide bonds. The van der Waals surface area contributed by atoms with Gasteiger partial charge in [0, 0.05) is 16.6 Å². The zero-order valence-corrected chi connectivity index (χ0v) is 13.1. The van der Waals surface area contributed by atoms with Gasteiger partial charge in [-0.15, -0.1) is 0 Å². The normalized spacial score (nSPS) is 10.6. The molecule has 0 atom stereocenters. The van der Waals surface area contributed by atoms with Crippen LogP contribution in [0.4, 0.5) is 5.69 Å². The predicted molar refractivity (Wildman–Crippen MR) is 82.9 cm³/mol. The van der Waals surface area contributed by atoms with Gasteiger partial charge in [0.1, 0.15) is 0 Å².